The number of fused-ring (bicyclic) bond motifs is 13. The number of nitrogens with zero attached hydrogens (tertiary/aromatic N) is 1. The molecular weight excluding hydrogens is 360 g/mol. The quantitative estimate of drug-likeness (QED) is 0.476. The second-order valence-corrected chi connectivity index (χ2v) is 8.71. The third-order valence-corrected chi connectivity index (χ3v) is 7.51. The van der Waals surface area contributed by atoms with Crippen LogP contribution in [0.2, 0.25) is 0 Å². The smallest absolute Gasteiger partial charge is 0.252 e. The molecule has 4 heterocycles. The molecule has 4 aromatic rings. The second kappa shape index (κ2) is 4.71. The number of aromatic nitrogens is 1. The molecule has 4 aliphatic rings. The Kier molecular flexibility index (Phi) is 2.41. The monoisotopic (exact) mass is 378 g/mol. The van der Waals surface area contributed by atoms with Gasteiger partial charge < -0.3 is 14.6 Å². The highest BCUT2D eigenvalue weighted by molar-refractivity contribution is 6.20. The summed E-state index contributed by atoms with van der Waals surface area (Å²) in [6.07, 6.45) is 2.35. The van der Waals surface area contributed by atoms with Crippen molar-refractivity contribution in [3.8, 4) is 11.1 Å². The molecule has 3 aromatic carbocycles. The molecule has 0 unspecified atom stereocenters. The van der Waals surface area contributed by atoms with Gasteiger partial charge in [0.05, 0.1) is 22.7 Å². The molecule has 4 heteroatoms. The Morgan fingerprint density at radius 1 is 1.00 bits per heavy atom. The van der Waals surface area contributed by atoms with Gasteiger partial charge in [0.1, 0.15) is 6.23 Å². The van der Waals surface area contributed by atoms with Gasteiger partial charge in [0, 0.05) is 28.8 Å². The normalized spacial score (nSPS) is 25.4. The number of carbonyl (C=O) groups excluding carboxylic acids is 1. The van der Waals surface area contributed by atoms with Crippen LogP contribution in [0.25, 0.3) is 32.9 Å². The highest BCUT2D eigenvalue weighted by atomic mass is 16.5. The summed E-state index contributed by atoms with van der Waals surface area (Å²) in [7, 11) is 0. The van der Waals surface area contributed by atoms with Gasteiger partial charge in [0.2, 0.25) is 0 Å². The zero-order valence-corrected chi connectivity index (χ0v) is 15.7. The minimum absolute atomic E-state index is 0.0655. The lowest BCUT2D eigenvalue weighted by Crippen LogP contribution is -2.16. The first kappa shape index (κ1) is 14.8. The number of amides is 1. The maximum Gasteiger partial charge on any atom is 0.252 e. The summed E-state index contributed by atoms with van der Waals surface area (Å²) < 4.78 is 9.12. The van der Waals surface area contributed by atoms with Crippen LogP contribution in [0, 0.1) is 0 Å². The van der Waals surface area contributed by atoms with E-state index in [9.17, 15) is 4.79 Å². The fourth-order valence-electron chi connectivity index (χ4n) is 6.55. The summed E-state index contributed by atoms with van der Waals surface area (Å²) in [5.41, 5.74) is 9.58. The maximum absolute atomic E-state index is 13.0. The van der Waals surface area contributed by atoms with E-state index in [2.05, 4.69) is 58.4 Å². The molecule has 1 fully saturated rings. The number of rotatable bonds is 0. The van der Waals surface area contributed by atoms with Crippen molar-refractivity contribution in [2.45, 2.75) is 37.6 Å². The van der Waals surface area contributed by atoms with Crippen molar-refractivity contribution in [3.63, 3.8) is 0 Å². The van der Waals surface area contributed by atoms with Crippen LogP contribution in [0.15, 0.2) is 48.5 Å². The Morgan fingerprint density at radius 3 is 2.83 bits per heavy atom. The van der Waals surface area contributed by atoms with E-state index in [4.69, 9.17) is 4.74 Å². The topological polar surface area (TPSA) is 43.3 Å². The number of hydrogen-bond acceptors (Lipinski definition) is 2. The molecule has 0 saturated carbocycles. The molecule has 1 saturated heterocycles. The molecule has 8 rings (SSSR count). The molecule has 3 atom stereocenters. The summed E-state index contributed by atoms with van der Waals surface area (Å²) in [4.78, 5) is 13.0. The van der Waals surface area contributed by atoms with Gasteiger partial charge >= 0.3 is 0 Å². The number of benzene rings is 3. The zero-order chi connectivity index (χ0) is 18.9. The van der Waals surface area contributed by atoms with Crippen LogP contribution < -0.4 is 5.32 Å². The third kappa shape index (κ3) is 1.51. The largest absolute Gasteiger partial charge is 0.354 e. The maximum atomic E-state index is 13.0. The minimum Gasteiger partial charge on any atom is -0.354 e. The highest BCUT2D eigenvalue weighted by Gasteiger charge is 2.48. The first-order valence-electron chi connectivity index (χ1n) is 10.5. The number of para-hydroxylation sites is 1. The van der Waals surface area contributed by atoms with Crippen LogP contribution in [-0.4, -0.2) is 16.6 Å². The first-order chi connectivity index (χ1) is 14.3. The van der Waals surface area contributed by atoms with Crippen LogP contribution in [0.5, 0.6) is 0 Å². The summed E-state index contributed by atoms with van der Waals surface area (Å²) >= 11 is 0. The number of nitrogens with one attached hydrogen (secondary N) is 1. The Morgan fingerprint density at radius 2 is 1.86 bits per heavy atom. The molecule has 0 radical (unpaired) electrons. The summed E-state index contributed by atoms with van der Waals surface area (Å²) in [5.74, 6) is 0.272. The van der Waals surface area contributed by atoms with Crippen molar-refractivity contribution in [1.82, 2.24) is 9.88 Å². The van der Waals surface area contributed by atoms with Gasteiger partial charge in [-0.15, -0.1) is 0 Å². The van der Waals surface area contributed by atoms with E-state index in [0.717, 1.165) is 29.5 Å². The molecule has 1 aromatic heterocycles. The van der Waals surface area contributed by atoms with Gasteiger partial charge in [-0.1, -0.05) is 42.5 Å². The Bertz CT molecular complexity index is 1430. The summed E-state index contributed by atoms with van der Waals surface area (Å²) in [6, 6.07) is 17.3. The average Bonchev–Trinajstić information content (AvgIpc) is 3.47. The summed E-state index contributed by atoms with van der Waals surface area (Å²) in [6.45, 7) is 0.605. The van der Waals surface area contributed by atoms with E-state index in [1.54, 1.807) is 0 Å². The van der Waals surface area contributed by atoms with Crippen LogP contribution >= 0.6 is 0 Å². The minimum atomic E-state index is 0.0655. The zero-order valence-electron chi connectivity index (χ0n) is 15.7. The van der Waals surface area contributed by atoms with Crippen LogP contribution in [0.3, 0.4) is 0 Å². The average molecular weight is 378 g/mol. The number of carbonyl (C=O) groups is 1. The van der Waals surface area contributed by atoms with Crippen molar-refractivity contribution in [1.29, 1.82) is 0 Å². The molecule has 140 valence electrons. The predicted octanol–water partition coefficient (Wildman–Crippen LogP) is 4.84. The van der Waals surface area contributed by atoms with Crippen LogP contribution in [0.1, 0.15) is 52.0 Å². The van der Waals surface area contributed by atoms with Gasteiger partial charge in [-0.25, -0.2) is 0 Å². The second-order valence-electron chi connectivity index (χ2n) is 8.71. The fourth-order valence-corrected chi connectivity index (χ4v) is 6.55. The van der Waals surface area contributed by atoms with Crippen molar-refractivity contribution in [2.24, 2.45) is 0 Å². The Balaban J connectivity index is 1.71. The van der Waals surface area contributed by atoms with Crippen molar-refractivity contribution >= 4 is 27.7 Å². The molecule has 1 amide bonds. The van der Waals surface area contributed by atoms with Gasteiger partial charge in [-0.3, -0.25) is 4.79 Å². The van der Waals surface area contributed by atoms with Gasteiger partial charge in [-0.05, 0) is 41.2 Å². The molecule has 4 nitrogen and oxygen atoms in total. The van der Waals surface area contributed by atoms with Gasteiger partial charge in [0.15, 0.2) is 0 Å². The van der Waals surface area contributed by atoms with E-state index in [-0.39, 0.29) is 24.2 Å². The molecule has 3 aliphatic heterocycles. The van der Waals surface area contributed by atoms with Crippen molar-refractivity contribution < 1.29 is 9.53 Å². The lowest BCUT2D eigenvalue weighted by Gasteiger charge is -2.20. The molecule has 1 aliphatic carbocycles. The Labute approximate surface area is 167 Å². The molecular formula is C25H18N2O2. The molecule has 0 spiro atoms. The first-order valence-corrected chi connectivity index (χ1v) is 10.5. The van der Waals surface area contributed by atoms with Gasteiger partial charge in [-0.2, -0.15) is 0 Å². The standard InChI is InChI=1S/C25H18N2O2/c28-25-22-15(11-26-25)19-14-7-3-4-8-16(14)27-18-10-9-17(29-18)20-12-5-1-2-6-13(12)21(22)23(20)24(19)27/h1-8,17-18,20H,9-11H2,(H,26,28)/t17-,18+,20+/m1/s1. The molecule has 29 heavy (non-hydrogen) atoms. The van der Waals surface area contributed by atoms with E-state index in [1.165, 1.54) is 38.5 Å². The lowest BCUT2D eigenvalue weighted by molar-refractivity contribution is 0.00493. The Hall–Kier alpha value is -3.11. The number of ether oxygens (including phenoxy) is 1. The van der Waals surface area contributed by atoms with Crippen molar-refractivity contribution in [2.75, 3.05) is 0 Å². The van der Waals surface area contributed by atoms with E-state index in [0.29, 0.717) is 6.54 Å². The SMILES string of the molecule is O=C1NCc2c1c1c3c4c2c2ccccc2n4[C@@H]2CC[C@@H](O2)[C@@H]3c2ccccc2-1. The van der Waals surface area contributed by atoms with Crippen LogP contribution in [-0.2, 0) is 11.3 Å². The van der Waals surface area contributed by atoms with Crippen LogP contribution in [0.4, 0.5) is 0 Å². The van der Waals surface area contributed by atoms with Crippen molar-refractivity contribution in [3.05, 3.63) is 70.8 Å². The summed E-state index contributed by atoms with van der Waals surface area (Å²) in [5, 5.41) is 5.61. The predicted molar refractivity (Wildman–Crippen MR) is 111 cm³/mol. The molecule has 1 N–H and O–H groups in total. The van der Waals surface area contributed by atoms with E-state index >= 15 is 0 Å². The van der Waals surface area contributed by atoms with Gasteiger partial charge in [0.25, 0.3) is 5.91 Å². The fraction of sp³-hybridized carbons (Fsp3) is 0.240. The van der Waals surface area contributed by atoms with E-state index in [1.807, 2.05) is 0 Å². The third-order valence-electron chi connectivity index (χ3n) is 7.51. The lowest BCUT2D eigenvalue weighted by atomic mass is 9.86. The van der Waals surface area contributed by atoms with E-state index < -0.39 is 0 Å². The molecule has 2 bridgehead atoms. The number of hydrogen-bond donors (Lipinski definition) is 1. The highest BCUT2D eigenvalue weighted by Crippen LogP contribution is 2.59.